The van der Waals surface area contributed by atoms with Crippen LogP contribution in [0.4, 0.5) is 0 Å². The van der Waals surface area contributed by atoms with Crippen LogP contribution < -0.4 is 9.47 Å². The molecule has 5 rings (SSSR count). The lowest BCUT2D eigenvalue weighted by Crippen LogP contribution is -2.06. The van der Waals surface area contributed by atoms with Gasteiger partial charge in [0.25, 0.3) is 5.95 Å². The third kappa shape index (κ3) is 4.35. The fraction of sp³-hybridized carbons (Fsp3) is 0.0870. The highest BCUT2D eigenvalue weighted by Crippen LogP contribution is 2.34. The fourth-order valence-corrected chi connectivity index (χ4v) is 3.42. The highest BCUT2D eigenvalue weighted by molar-refractivity contribution is 6.32. The summed E-state index contributed by atoms with van der Waals surface area (Å²) in [5.41, 5.74) is 2.78. The standard InChI is InChI=1S/C23H17ClN4O4/c24-20-11-19(5-7-21(20)29)31-23-10-17-9-18(6-8-22(17)32-23)30-13-16-4-2-1-3-15(16)12-28-14-25-26-27-28/h1-11,14,29H,12-13H2. The van der Waals surface area contributed by atoms with Gasteiger partial charge in [0.05, 0.1) is 11.6 Å². The molecule has 0 unspecified atom stereocenters. The number of aromatic hydroxyl groups is 1. The van der Waals surface area contributed by atoms with Gasteiger partial charge >= 0.3 is 0 Å². The predicted octanol–water partition coefficient (Wildman–Crippen LogP) is 5.20. The van der Waals surface area contributed by atoms with Crippen LogP contribution in [0.1, 0.15) is 11.1 Å². The van der Waals surface area contributed by atoms with E-state index in [0.29, 0.717) is 36.2 Å². The Morgan fingerprint density at radius 1 is 0.969 bits per heavy atom. The molecule has 0 radical (unpaired) electrons. The first-order valence-electron chi connectivity index (χ1n) is 9.74. The fourth-order valence-electron chi connectivity index (χ4n) is 3.25. The lowest BCUT2D eigenvalue weighted by Gasteiger charge is -2.11. The van der Waals surface area contributed by atoms with Crippen molar-refractivity contribution in [1.82, 2.24) is 20.2 Å². The van der Waals surface area contributed by atoms with Gasteiger partial charge in [-0.15, -0.1) is 5.10 Å². The van der Waals surface area contributed by atoms with Gasteiger partial charge in [-0.2, -0.15) is 0 Å². The van der Waals surface area contributed by atoms with Gasteiger partial charge in [0, 0.05) is 17.5 Å². The second-order valence-corrected chi connectivity index (χ2v) is 7.45. The summed E-state index contributed by atoms with van der Waals surface area (Å²) in [6, 6.07) is 19.9. The minimum absolute atomic E-state index is 0.00931. The van der Waals surface area contributed by atoms with Crippen LogP contribution >= 0.6 is 11.6 Å². The quantitative estimate of drug-likeness (QED) is 0.365. The van der Waals surface area contributed by atoms with Gasteiger partial charge in [-0.25, -0.2) is 4.68 Å². The molecule has 1 N–H and O–H groups in total. The number of phenols is 1. The van der Waals surface area contributed by atoms with E-state index in [1.165, 1.54) is 12.1 Å². The first-order chi connectivity index (χ1) is 15.6. The van der Waals surface area contributed by atoms with Crippen molar-refractivity contribution in [2.45, 2.75) is 13.2 Å². The van der Waals surface area contributed by atoms with Gasteiger partial charge in [0.1, 0.15) is 35.8 Å². The van der Waals surface area contributed by atoms with Crippen LogP contribution in [0.3, 0.4) is 0 Å². The molecule has 0 amide bonds. The highest BCUT2D eigenvalue weighted by atomic mass is 35.5. The average molecular weight is 449 g/mol. The maximum atomic E-state index is 9.53. The van der Waals surface area contributed by atoms with Crippen LogP contribution in [0.15, 0.2) is 77.5 Å². The number of halogens is 1. The van der Waals surface area contributed by atoms with Gasteiger partial charge in [0.2, 0.25) is 0 Å². The van der Waals surface area contributed by atoms with Crippen LogP contribution in [-0.2, 0) is 13.2 Å². The van der Waals surface area contributed by atoms with Gasteiger partial charge in [0.15, 0.2) is 0 Å². The molecule has 2 aromatic heterocycles. The van der Waals surface area contributed by atoms with E-state index < -0.39 is 0 Å². The molecule has 5 aromatic rings. The van der Waals surface area contributed by atoms with Crippen molar-refractivity contribution in [3.05, 3.63) is 89.2 Å². The maximum Gasteiger partial charge on any atom is 0.291 e. The van der Waals surface area contributed by atoms with E-state index in [1.807, 2.05) is 42.5 Å². The molecule has 3 aromatic carbocycles. The summed E-state index contributed by atoms with van der Waals surface area (Å²) in [5, 5.41) is 21.8. The molecule has 2 heterocycles. The van der Waals surface area contributed by atoms with Crippen molar-refractivity contribution in [3.8, 4) is 23.2 Å². The molecule has 0 spiro atoms. The van der Waals surface area contributed by atoms with Crippen LogP contribution in [0.2, 0.25) is 5.02 Å². The maximum absolute atomic E-state index is 9.53. The van der Waals surface area contributed by atoms with Gasteiger partial charge in [-0.3, -0.25) is 0 Å². The Labute approximate surface area is 187 Å². The second-order valence-electron chi connectivity index (χ2n) is 7.05. The molecule has 0 aliphatic heterocycles. The number of tetrazole rings is 1. The van der Waals surface area contributed by atoms with Crippen LogP contribution in [0.5, 0.6) is 23.2 Å². The SMILES string of the molecule is Oc1ccc(Oc2cc3cc(OCc4ccccc4Cn4cnnn4)ccc3o2)cc1Cl. The summed E-state index contributed by atoms with van der Waals surface area (Å²) >= 11 is 5.93. The molecule has 32 heavy (non-hydrogen) atoms. The number of fused-ring (bicyclic) bond motifs is 1. The topological polar surface area (TPSA) is 95.4 Å². The van der Waals surface area contributed by atoms with Crippen molar-refractivity contribution >= 4 is 22.6 Å². The molecule has 8 nitrogen and oxygen atoms in total. The van der Waals surface area contributed by atoms with Gasteiger partial charge in [-0.1, -0.05) is 35.9 Å². The molecule has 0 saturated heterocycles. The summed E-state index contributed by atoms with van der Waals surface area (Å²) in [6.45, 7) is 0.965. The molecule has 0 aliphatic rings. The molecule has 0 saturated carbocycles. The summed E-state index contributed by atoms with van der Waals surface area (Å²) in [4.78, 5) is 0. The minimum atomic E-state index is -0.00931. The third-order valence-electron chi connectivity index (χ3n) is 4.84. The molecular weight excluding hydrogens is 432 g/mol. The minimum Gasteiger partial charge on any atom is -0.506 e. The summed E-state index contributed by atoms with van der Waals surface area (Å²) in [5.74, 6) is 1.47. The number of rotatable bonds is 7. The Kier molecular flexibility index (Phi) is 5.35. The first-order valence-corrected chi connectivity index (χ1v) is 10.1. The highest BCUT2D eigenvalue weighted by Gasteiger charge is 2.10. The van der Waals surface area contributed by atoms with E-state index in [1.54, 1.807) is 23.1 Å². The zero-order valence-corrected chi connectivity index (χ0v) is 17.4. The van der Waals surface area contributed by atoms with E-state index in [4.69, 9.17) is 25.5 Å². The van der Waals surface area contributed by atoms with E-state index >= 15 is 0 Å². The van der Waals surface area contributed by atoms with Crippen LogP contribution in [-0.4, -0.2) is 25.3 Å². The normalized spacial score (nSPS) is 11.0. The van der Waals surface area contributed by atoms with Crippen LogP contribution in [0, 0.1) is 0 Å². The van der Waals surface area contributed by atoms with Crippen molar-refractivity contribution in [1.29, 1.82) is 0 Å². The Hall–Kier alpha value is -4.04. The lowest BCUT2D eigenvalue weighted by atomic mass is 10.1. The summed E-state index contributed by atoms with van der Waals surface area (Å²) in [6.07, 6.45) is 1.58. The number of hydrogen-bond acceptors (Lipinski definition) is 7. The monoisotopic (exact) mass is 448 g/mol. The zero-order valence-electron chi connectivity index (χ0n) is 16.7. The Bertz CT molecular complexity index is 1370. The molecule has 0 atom stereocenters. The number of phenolic OH excluding ortho intramolecular Hbond substituents is 1. The number of ether oxygens (including phenoxy) is 2. The first kappa shape index (κ1) is 19.9. The smallest absolute Gasteiger partial charge is 0.291 e. The van der Waals surface area contributed by atoms with E-state index in [2.05, 4.69) is 15.5 Å². The predicted molar refractivity (Wildman–Crippen MR) is 117 cm³/mol. The summed E-state index contributed by atoms with van der Waals surface area (Å²) in [7, 11) is 0. The van der Waals surface area contributed by atoms with Crippen molar-refractivity contribution in [2.24, 2.45) is 0 Å². The molecule has 160 valence electrons. The van der Waals surface area contributed by atoms with E-state index in [0.717, 1.165) is 16.5 Å². The van der Waals surface area contributed by atoms with Crippen LogP contribution in [0.25, 0.3) is 11.0 Å². The Morgan fingerprint density at radius 3 is 2.62 bits per heavy atom. The van der Waals surface area contributed by atoms with Gasteiger partial charge in [-0.05, 0) is 51.9 Å². The number of benzene rings is 3. The lowest BCUT2D eigenvalue weighted by molar-refractivity contribution is 0.305. The Balaban J connectivity index is 1.30. The zero-order chi connectivity index (χ0) is 21.9. The second kappa shape index (κ2) is 8.60. The molecule has 0 fully saturated rings. The van der Waals surface area contributed by atoms with E-state index in [9.17, 15) is 5.11 Å². The number of furan rings is 1. The molecule has 0 bridgehead atoms. The molecule has 0 aliphatic carbocycles. The molecule has 9 heteroatoms. The van der Waals surface area contributed by atoms with E-state index in [-0.39, 0.29) is 10.8 Å². The summed E-state index contributed by atoms with van der Waals surface area (Å²) < 4.78 is 19.1. The molecular formula is C23H17ClN4O4. The van der Waals surface area contributed by atoms with Crippen molar-refractivity contribution < 1.29 is 19.0 Å². The average Bonchev–Trinajstić information content (AvgIpc) is 3.44. The number of nitrogens with zero attached hydrogens (tertiary/aromatic N) is 4. The van der Waals surface area contributed by atoms with Crippen molar-refractivity contribution in [3.63, 3.8) is 0 Å². The number of aromatic nitrogens is 4. The third-order valence-corrected chi connectivity index (χ3v) is 5.14. The van der Waals surface area contributed by atoms with Crippen molar-refractivity contribution in [2.75, 3.05) is 0 Å². The Morgan fingerprint density at radius 2 is 1.81 bits per heavy atom. The van der Waals surface area contributed by atoms with Gasteiger partial charge < -0.3 is 19.0 Å². The largest absolute Gasteiger partial charge is 0.506 e. The number of hydrogen-bond donors (Lipinski definition) is 1.